The Hall–Kier alpha value is -2.98. The Balaban J connectivity index is 1.40. The second kappa shape index (κ2) is 12.4. The molecule has 0 radical (unpaired) electrons. The molecule has 0 saturated carbocycles. The second-order valence-electron chi connectivity index (χ2n) is 6.71. The number of benzene rings is 2. The first kappa shape index (κ1) is 20.3. The van der Waals surface area contributed by atoms with Gasteiger partial charge in [-0.1, -0.05) is 32.1 Å². The maximum Gasteiger partial charge on any atom is 0.0991 e. The van der Waals surface area contributed by atoms with Crippen LogP contribution in [0.3, 0.4) is 0 Å². The van der Waals surface area contributed by atoms with E-state index in [1.807, 2.05) is 48.5 Å². The summed E-state index contributed by atoms with van der Waals surface area (Å²) in [7, 11) is 0. The Morgan fingerprint density at radius 2 is 0.852 bits per heavy atom. The van der Waals surface area contributed by atoms with Crippen LogP contribution in [0.2, 0.25) is 0 Å². The first-order valence-electron chi connectivity index (χ1n) is 9.80. The molecule has 4 nitrogen and oxygen atoms in total. The fourth-order valence-electron chi connectivity index (χ4n) is 2.92. The van der Waals surface area contributed by atoms with E-state index in [9.17, 15) is 0 Å². The molecule has 140 valence electrons. The van der Waals surface area contributed by atoms with Gasteiger partial charge in [-0.05, 0) is 61.4 Å². The molecule has 0 aliphatic rings. The monoisotopic (exact) mass is 360 g/mol. The predicted molar refractivity (Wildman–Crippen MR) is 112 cm³/mol. The molecule has 0 bridgehead atoms. The van der Waals surface area contributed by atoms with Crippen LogP contribution in [0.15, 0.2) is 48.5 Å². The summed E-state index contributed by atoms with van der Waals surface area (Å²) >= 11 is 0. The molecular formula is C23H28N4. The van der Waals surface area contributed by atoms with Crippen molar-refractivity contribution in [1.29, 1.82) is 10.5 Å². The van der Waals surface area contributed by atoms with Crippen LogP contribution in [0.25, 0.3) is 0 Å². The molecule has 27 heavy (non-hydrogen) atoms. The Kier molecular flexibility index (Phi) is 9.33. The Labute approximate surface area is 162 Å². The van der Waals surface area contributed by atoms with Gasteiger partial charge in [0.1, 0.15) is 0 Å². The van der Waals surface area contributed by atoms with Gasteiger partial charge < -0.3 is 10.6 Å². The van der Waals surface area contributed by atoms with Crippen molar-refractivity contribution in [2.45, 2.75) is 44.9 Å². The second-order valence-corrected chi connectivity index (χ2v) is 6.71. The maximum atomic E-state index is 8.78. The van der Waals surface area contributed by atoms with Crippen LogP contribution in [-0.2, 0) is 0 Å². The standard InChI is InChI=1S/C23H28N4/c24-18-20-8-12-22(13-9-20)26-16-6-4-2-1-3-5-7-17-27-23-14-10-21(19-25)11-15-23/h8-15,26-27H,1-7,16-17H2. The summed E-state index contributed by atoms with van der Waals surface area (Å²) < 4.78 is 0. The lowest BCUT2D eigenvalue weighted by atomic mass is 10.1. The maximum absolute atomic E-state index is 8.78. The van der Waals surface area contributed by atoms with E-state index in [0.29, 0.717) is 11.1 Å². The van der Waals surface area contributed by atoms with Gasteiger partial charge in [0.05, 0.1) is 23.3 Å². The van der Waals surface area contributed by atoms with Crippen molar-refractivity contribution >= 4 is 11.4 Å². The van der Waals surface area contributed by atoms with Crippen molar-refractivity contribution in [3.8, 4) is 12.1 Å². The van der Waals surface area contributed by atoms with Crippen LogP contribution in [0, 0.1) is 22.7 Å². The summed E-state index contributed by atoms with van der Waals surface area (Å²) in [6.07, 6.45) is 8.75. The molecule has 0 saturated heterocycles. The summed E-state index contributed by atoms with van der Waals surface area (Å²) in [4.78, 5) is 0. The molecule has 0 aliphatic carbocycles. The Morgan fingerprint density at radius 1 is 0.519 bits per heavy atom. The highest BCUT2D eigenvalue weighted by molar-refractivity contribution is 5.47. The zero-order valence-electron chi connectivity index (χ0n) is 15.9. The van der Waals surface area contributed by atoms with Crippen molar-refractivity contribution in [1.82, 2.24) is 0 Å². The largest absolute Gasteiger partial charge is 0.385 e. The van der Waals surface area contributed by atoms with Gasteiger partial charge in [0, 0.05) is 24.5 Å². The zero-order valence-corrected chi connectivity index (χ0v) is 15.9. The highest BCUT2D eigenvalue weighted by atomic mass is 14.9. The molecular weight excluding hydrogens is 332 g/mol. The summed E-state index contributed by atoms with van der Waals surface area (Å²) in [6.45, 7) is 1.97. The van der Waals surface area contributed by atoms with Crippen LogP contribution in [0.5, 0.6) is 0 Å². The van der Waals surface area contributed by atoms with Crippen LogP contribution in [0.1, 0.15) is 56.1 Å². The fourth-order valence-corrected chi connectivity index (χ4v) is 2.92. The number of anilines is 2. The predicted octanol–water partition coefficient (Wildman–Crippen LogP) is 5.68. The smallest absolute Gasteiger partial charge is 0.0991 e. The van der Waals surface area contributed by atoms with E-state index in [2.05, 4.69) is 22.8 Å². The molecule has 0 unspecified atom stereocenters. The third-order valence-electron chi connectivity index (χ3n) is 4.54. The number of nitrogens with zero attached hydrogens (tertiary/aromatic N) is 2. The number of hydrogen-bond acceptors (Lipinski definition) is 4. The summed E-state index contributed by atoms with van der Waals surface area (Å²) in [5.41, 5.74) is 3.58. The molecule has 2 rings (SSSR count). The van der Waals surface area contributed by atoms with E-state index in [1.165, 1.54) is 44.9 Å². The van der Waals surface area contributed by atoms with Gasteiger partial charge in [-0.15, -0.1) is 0 Å². The van der Waals surface area contributed by atoms with Gasteiger partial charge in [-0.2, -0.15) is 10.5 Å². The summed E-state index contributed by atoms with van der Waals surface area (Å²) in [6, 6.07) is 19.5. The molecule has 0 amide bonds. The topological polar surface area (TPSA) is 71.6 Å². The molecule has 0 fully saturated rings. The first-order valence-corrected chi connectivity index (χ1v) is 9.80. The number of nitrogens with one attached hydrogen (secondary N) is 2. The molecule has 0 aliphatic heterocycles. The lowest BCUT2D eigenvalue weighted by molar-refractivity contribution is 0.591. The Bertz CT molecular complexity index is 670. The highest BCUT2D eigenvalue weighted by Gasteiger charge is 1.96. The van der Waals surface area contributed by atoms with Crippen molar-refractivity contribution in [2.24, 2.45) is 0 Å². The molecule has 0 atom stereocenters. The normalized spacial score (nSPS) is 10.0. The molecule has 0 spiro atoms. The minimum Gasteiger partial charge on any atom is -0.385 e. The van der Waals surface area contributed by atoms with Gasteiger partial charge in [0.15, 0.2) is 0 Å². The molecule has 2 aromatic rings. The highest BCUT2D eigenvalue weighted by Crippen LogP contribution is 2.12. The van der Waals surface area contributed by atoms with Gasteiger partial charge in [0.25, 0.3) is 0 Å². The van der Waals surface area contributed by atoms with E-state index in [4.69, 9.17) is 10.5 Å². The summed E-state index contributed by atoms with van der Waals surface area (Å²) in [5.74, 6) is 0. The van der Waals surface area contributed by atoms with E-state index in [0.717, 1.165) is 24.5 Å². The minimum atomic E-state index is 0.702. The van der Waals surface area contributed by atoms with Crippen molar-refractivity contribution in [3.05, 3.63) is 59.7 Å². The molecule has 0 heterocycles. The third-order valence-corrected chi connectivity index (χ3v) is 4.54. The molecule has 0 aromatic heterocycles. The number of nitriles is 2. The summed E-state index contributed by atoms with van der Waals surface area (Å²) in [5, 5.41) is 24.4. The van der Waals surface area contributed by atoms with Crippen LogP contribution < -0.4 is 10.6 Å². The Morgan fingerprint density at radius 3 is 1.19 bits per heavy atom. The lowest BCUT2D eigenvalue weighted by Crippen LogP contribution is -2.01. The van der Waals surface area contributed by atoms with Crippen molar-refractivity contribution in [3.63, 3.8) is 0 Å². The van der Waals surface area contributed by atoms with Gasteiger partial charge >= 0.3 is 0 Å². The van der Waals surface area contributed by atoms with Crippen molar-refractivity contribution < 1.29 is 0 Å². The molecule has 2 N–H and O–H groups in total. The molecule has 4 heteroatoms. The number of unbranched alkanes of at least 4 members (excludes halogenated alkanes) is 6. The average molecular weight is 361 g/mol. The minimum absolute atomic E-state index is 0.702. The van der Waals surface area contributed by atoms with Crippen LogP contribution in [-0.4, -0.2) is 13.1 Å². The van der Waals surface area contributed by atoms with E-state index >= 15 is 0 Å². The van der Waals surface area contributed by atoms with E-state index in [1.54, 1.807) is 0 Å². The van der Waals surface area contributed by atoms with E-state index in [-0.39, 0.29) is 0 Å². The van der Waals surface area contributed by atoms with Crippen molar-refractivity contribution in [2.75, 3.05) is 23.7 Å². The van der Waals surface area contributed by atoms with Gasteiger partial charge in [-0.25, -0.2) is 0 Å². The fraction of sp³-hybridized carbons (Fsp3) is 0.391. The third kappa shape index (κ3) is 8.29. The van der Waals surface area contributed by atoms with Crippen LogP contribution >= 0.6 is 0 Å². The quantitative estimate of drug-likeness (QED) is 0.477. The average Bonchev–Trinajstić information content (AvgIpc) is 2.73. The van der Waals surface area contributed by atoms with E-state index < -0.39 is 0 Å². The zero-order chi connectivity index (χ0) is 19.2. The van der Waals surface area contributed by atoms with Crippen LogP contribution in [0.4, 0.5) is 11.4 Å². The lowest BCUT2D eigenvalue weighted by Gasteiger charge is -2.07. The first-order chi connectivity index (χ1) is 13.3. The number of hydrogen-bond donors (Lipinski definition) is 2. The van der Waals surface area contributed by atoms with Gasteiger partial charge in [0.2, 0.25) is 0 Å². The van der Waals surface area contributed by atoms with Gasteiger partial charge in [-0.3, -0.25) is 0 Å². The SMILES string of the molecule is N#Cc1ccc(NCCCCCCCCCNc2ccc(C#N)cc2)cc1. The molecule has 2 aromatic carbocycles. The number of rotatable bonds is 12.